The van der Waals surface area contributed by atoms with Crippen LogP contribution in [-0.4, -0.2) is 31.2 Å². The lowest BCUT2D eigenvalue weighted by Crippen LogP contribution is -2.14. The summed E-state index contributed by atoms with van der Waals surface area (Å²) in [6.45, 7) is 10.2. The minimum Gasteiger partial charge on any atom is -0.387 e. The van der Waals surface area contributed by atoms with Gasteiger partial charge in [-0.3, -0.25) is 14.8 Å². The molecule has 0 saturated heterocycles. The van der Waals surface area contributed by atoms with Crippen molar-refractivity contribution in [3.63, 3.8) is 0 Å². The highest BCUT2D eigenvalue weighted by Crippen LogP contribution is 2.18. The van der Waals surface area contributed by atoms with Gasteiger partial charge in [-0.15, -0.1) is 0 Å². The van der Waals surface area contributed by atoms with Crippen LogP contribution in [0.15, 0.2) is 35.5 Å². The molecule has 6 nitrogen and oxygen atoms in total. The number of amides is 1. The Morgan fingerprint density at radius 2 is 1.83 bits per heavy atom. The van der Waals surface area contributed by atoms with E-state index in [0.717, 1.165) is 24.0 Å². The van der Waals surface area contributed by atoms with Gasteiger partial charge in [-0.1, -0.05) is 41.0 Å². The van der Waals surface area contributed by atoms with Gasteiger partial charge < -0.3 is 11.1 Å². The number of nitrogens with two attached hydrogens (primary N) is 1. The lowest BCUT2D eigenvalue weighted by molar-refractivity contribution is -0.105. The van der Waals surface area contributed by atoms with Gasteiger partial charge in [0.05, 0.1) is 11.4 Å². The second-order valence-corrected chi connectivity index (χ2v) is 6.88. The van der Waals surface area contributed by atoms with Crippen molar-refractivity contribution in [2.24, 2.45) is 16.6 Å². The number of amidine groups is 1. The number of rotatable bonds is 6. The van der Waals surface area contributed by atoms with Crippen molar-refractivity contribution >= 4 is 17.9 Å². The zero-order chi connectivity index (χ0) is 28.5. The normalized spacial score (nSPS) is 10.2. The molecule has 0 aliphatic carbocycles. The number of hydrogen-bond donors (Lipinski definition) is 2. The SMILES string of the molecule is CC.CC[C@@H](C)CC(N)=NC.CCc1cc(NC=O)cc(F)c1F.Cc1ccc(C#N)cn1.FCF. The van der Waals surface area contributed by atoms with E-state index < -0.39 is 18.6 Å². The third-order valence-electron chi connectivity index (χ3n) is 4.29. The maximum absolute atomic E-state index is 12.9. The fourth-order valence-corrected chi connectivity index (χ4v) is 2.18. The van der Waals surface area contributed by atoms with Crippen LogP contribution in [0.25, 0.3) is 0 Å². The topological polar surface area (TPSA) is 104 Å². The molecular weight excluding hydrogens is 474 g/mol. The zero-order valence-corrected chi connectivity index (χ0v) is 22.2. The number of anilines is 1. The Balaban J connectivity index is -0.000000424. The summed E-state index contributed by atoms with van der Waals surface area (Å²) in [4.78, 5) is 17.8. The highest BCUT2D eigenvalue weighted by Gasteiger charge is 2.08. The first kappa shape index (κ1) is 37.1. The fraction of sp³-hybridized carbons (Fsp3) is 0.462. The summed E-state index contributed by atoms with van der Waals surface area (Å²) in [5, 5.41) is 10.6. The van der Waals surface area contributed by atoms with Gasteiger partial charge in [0.2, 0.25) is 13.3 Å². The molecule has 202 valence electrons. The van der Waals surface area contributed by atoms with E-state index in [1.165, 1.54) is 12.5 Å². The summed E-state index contributed by atoms with van der Waals surface area (Å²) < 4.78 is 45.0. The number of pyridine rings is 1. The first-order chi connectivity index (χ1) is 17.1. The Kier molecular flexibility index (Phi) is 25.4. The monoisotopic (exact) mass is 513 g/mol. The number of aryl methyl sites for hydroxylation is 2. The number of carbonyl (C=O) groups is 1. The van der Waals surface area contributed by atoms with Crippen LogP contribution in [0.3, 0.4) is 0 Å². The van der Waals surface area contributed by atoms with Crippen LogP contribution in [0.1, 0.15) is 64.3 Å². The van der Waals surface area contributed by atoms with E-state index in [0.29, 0.717) is 24.3 Å². The second-order valence-electron chi connectivity index (χ2n) is 6.88. The number of nitrogens with one attached hydrogen (secondary N) is 1. The minimum atomic E-state index is -1.75. The fourth-order valence-electron chi connectivity index (χ4n) is 2.18. The average molecular weight is 514 g/mol. The lowest BCUT2D eigenvalue weighted by atomic mass is 10.1. The van der Waals surface area contributed by atoms with Crippen LogP contribution in [0.5, 0.6) is 0 Å². The van der Waals surface area contributed by atoms with Gasteiger partial charge in [-0.05, 0) is 43.0 Å². The average Bonchev–Trinajstić information content (AvgIpc) is 2.89. The quantitative estimate of drug-likeness (QED) is 0.195. The van der Waals surface area contributed by atoms with Crippen LogP contribution in [0.4, 0.5) is 23.2 Å². The molecule has 0 aliphatic heterocycles. The number of benzene rings is 1. The summed E-state index contributed by atoms with van der Waals surface area (Å²) in [5.74, 6) is -0.347. The third-order valence-corrected chi connectivity index (χ3v) is 4.29. The summed E-state index contributed by atoms with van der Waals surface area (Å²) in [7, 11) is 1.73. The van der Waals surface area contributed by atoms with Crippen molar-refractivity contribution in [1.82, 2.24) is 4.98 Å². The summed E-state index contributed by atoms with van der Waals surface area (Å²) >= 11 is 0. The van der Waals surface area contributed by atoms with Gasteiger partial charge in [0.1, 0.15) is 6.07 Å². The Hall–Kier alpha value is -3.48. The van der Waals surface area contributed by atoms with E-state index in [2.05, 4.69) is 29.1 Å². The molecule has 0 unspecified atom stereocenters. The lowest BCUT2D eigenvalue weighted by Gasteiger charge is -2.05. The summed E-state index contributed by atoms with van der Waals surface area (Å²) in [6, 6.07) is 7.92. The molecule has 0 spiro atoms. The van der Waals surface area contributed by atoms with E-state index >= 15 is 0 Å². The van der Waals surface area contributed by atoms with Crippen molar-refractivity contribution in [2.45, 2.75) is 60.8 Å². The molecule has 0 saturated carbocycles. The Bertz CT molecular complexity index is 900. The molecule has 0 bridgehead atoms. The molecule has 0 fully saturated rings. The summed E-state index contributed by atoms with van der Waals surface area (Å²) in [6.07, 6.45) is 4.49. The number of nitrogens with zero attached hydrogens (tertiary/aromatic N) is 3. The van der Waals surface area contributed by atoms with Crippen LogP contribution in [0, 0.1) is 35.8 Å². The molecule has 1 aromatic carbocycles. The maximum Gasteiger partial charge on any atom is 0.229 e. The molecule has 0 aliphatic rings. The molecule has 1 amide bonds. The Labute approximate surface area is 212 Å². The molecule has 1 heterocycles. The maximum atomic E-state index is 12.9. The molecule has 2 rings (SSSR count). The van der Waals surface area contributed by atoms with E-state index in [9.17, 15) is 22.4 Å². The van der Waals surface area contributed by atoms with E-state index in [1.807, 2.05) is 32.9 Å². The molecule has 1 aromatic heterocycles. The van der Waals surface area contributed by atoms with Crippen LogP contribution in [0.2, 0.25) is 0 Å². The van der Waals surface area contributed by atoms with E-state index in [4.69, 9.17) is 11.0 Å². The van der Waals surface area contributed by atoms with Gasteiger partial charge in [0, 0.05) is 37.1 Å². The smallest absolute Gasteiger partial charge is 0.229 e. The van der Waals surface area contributed by atoms with Crippen LogP contribution in [-0.2, 0) is 11.2 Å². The first-order valence-corrected chi connectivity index (χ1v) is 11.5. The van der Waals surface area contributed by atoms with Gasteiger partial charge in [0.25, 0.3) is 0 Å². The van der Waals surface area contributed by atoms with Crippen molar-refractivity contribution in [3.05, 3.63) is 58.9 Å². The highest BCUT2D eigenvalue weighted by atomic mass is 19.3. The standard InChI is InChI=1S/C9H9F2NO.C7H6N2.C7H16N2.C2H6.CH2F2/c1-2-6-3-7(12-5-13)4-8(10)9(6)11;1-6-2-3-7(4-8)5-9-6;1-4-6(2)5-7(8)9-3;1-2;2-1-3/h3-5H,2H2,1H3,(H,12,13);2-3,5H,1H3;6H,4-5H2,1-3H3,(H2,8,9);1-2H3;1H2/t;;6-;;/m..1../s1. The number of nitriles is 1. The predicted molar refractivity (Wildman–Crippen MR) is 139 cm³/mol. The molecular formula is C26H39F4N5O. The third kappa shape index (κ3) is 18.9. The van der Waals surface area contributed by atoms with Crippen molar-refractivity contribution in [3.8, 4) is 6.07 Å². The zero-order valence-electron chi connectivity index (χ0n) is 22.2. The molecule has 3 N–H and O–H groups in total. The van der Waals surface area contributed by atoms with Crippen molar-refractivity contribution in [2.75, 3.05) is 19.3 Å². The Morgan fingerprint density at radius 1 is 1.25 bits per heavy atom. The first-order valence-electron chi connectivity index (χ1n) is 11.5. The number of halogens is 4. The van der Waals surface area contributed by atoms with E-state index in [1.54, 1.807) is 26.2 Å². The second kappa shape index (κ2) is 24.6. The molecule has 36 heavy (non-hydrogen) atoms. The van der Waals surface area contributed by atoms with Gasteiger partial charge in [-0.2, -0.15) is 5.26 Å². The number of alkyl halides is 2. The number of carbonyl (C=O) groups excluding carboxylic acids is 1. The highest BCUT2D eigenvalue weighted by molar-refractivity contribution is 5.80. The number of hydrogen-bond acceptors (Lipinski definition) is 4. The predicted octanol–water partition coefficient (Wildman–Crippen LogP) is 6.68. The summed E-state index contributed by atoms with van der Waals surface area (Å²) in [5.41, 5.74) is 7.57. The van der Waals surface area contributed by atoms with Crippen LogP contribution < -0.4 is 11.1 Å². The molecule has 1 atom stereocenters. The number of aliphatic imine (C=N–C) groups is 1. The molecule has 0 radical (unpaired) electrons. The van der Waals surface area contributed by atoms with E-state index in [-0.39, 0.29) is 11.3 Å². The molecule has 2 aromatic rings. The van der Waals surface area contributed by atoms with Crippen LogP contribution >= 0.6 is 0 Å². The largest absolute Gasteiger partial charge is 0.387 e. The number of aromatic nitrogens is 1. The van der Waals surface area contributed by atoms with Gasteiger partial charge in [-0.25, -0.2) is 17.6 Å². The van der Waals surface area contributed by atoms with Crippen molar-refractivity contribution in [1.29, 1.82) is 5.26 Å². The Morgan fingerprint density at radius 3 is 2.22 bits per heavy atom. The van der Waals surface area contributed by atoms with Gasteiger partial charge in [0.15, 0.2) is 11.6 Å². The van der Waals surface area contributed by atoms with Gasteiger partial charge >= 0.3 is 0 Å². The minimum absolute atomic E-state index is 0.254. The van der Waals surface area contributed by atoms with Crippen molar-refractivity contribution < 1.29 is 22.4 Å². The molecule has 10 heteroatoms.